The monoisotopic (exact) mass is 440 g/mol. The van der Waals surface area contributed by atoms with Crippen LogP contribution in [0.2, 0.25) is 5.02 Å². The summed E-state index contributed by atoms with van der Waals surface area (Å²) in [6, 6.07) is 3.84. The molecule has 9 nitrogen and oxygen atoms in total. The lowest BCUT2D eigenvalue weighted by molar-refractivity contribution is -0.124. The molecule has 1 fully saturated rings. The van der Waals surface area contributed by atoms with Gasteiger partial charge in [0.15, 0.2) is 12.0 Å². The number of anilines is 2. The Balaban J connectivity index is 1.62. The molecule has 30 heavy (non-hydrogen) atoms. The summed E-state index contributed by atoms with van der Waals surface area (Å²) in [5, 5.41) is 32.3. The summed E-state index contributed by atoms with van der Waals surface area (Å²) in [6.07, 6.45) is -3.04. The molecular weight excluding hydrogens is 419 g/mol. The number of aliphatic hydroxyl groups is 3. The zero-order valence-electron chi connectivity index (χ0n) is 16.3. The molecule has 4 N–H and O–H groups in total. The number of fused-ring (bicyclic) bond motifs is 1. The van der Waals surface area contributed by atoms with Gasteiger partial charge in [0.2, 0.25) is 0 Å². The van der Waals surface area contributed by atoms with Crippen LogP contribution in [0.5, 0.6) is 0 Å². The molecule has 1 aromatic heterocycles. The predicted molar refractivity (Wildman–Crippen MR) is 105 cm³/mol. The summed E-state index contributed by atoms with van der Waals surface area (Å²) in [7, 11) is 1.47. The summed E-state index contributed by atoms with van der Waals surface area (Å²) in [5.41, 5.74) is 1.83. The Morgan fingerprint density at radius 3 is 2.80 bits per heavy atom. The topological polar surface area (TPSA) is 120 Å². The summed E-state index contributed by atoms with van der Waals surface area (Å²) >= 11 is 5.72. The minimum absolute atomic E-state index is 0.0887. The summed E-state index contributed by atoms with van der Waals surface area (Å²) < 4.78 is 19.8. The van der Waals surface area contributed by atoms with Crippen molar-refractivity contribution >= 4 is 23.2 Å². The zero-order valence-corrected chi connectivity index (χ0v) is 17.0. The number of hydrogen-bond donors (Lipinski definition) is 4. The Bertz CT molecular complexity index is 949. The first kappa shape index (κ1) is 21.2. The summed E-state index contributed by atoms with van der Waals surface area (Å²) in [5.74, 6) is 0.319. The first-order valence-corrected chi connectivity index (χ1v) is 9.72. The molecule has 11 heteroatoms. The van der Waals surface area contributed by atoms with E-state index in [1.807, 2.05) is 0 Å². The Kier molecular flexibility index (Phi) is 5.56. The first-order chi connectivity index (χ1) is 14.3. The lowest BCUT2D eigenvalue weighted by Crippen LogP contribution is -2.45. The van der Waals surface area contributed by atoms with Crippen molar-refractivity contribution in [1.29, 1.82) is 0 Å². The van der Waals surface area contributed by atoms with Gasteiger partial charge in [0.05, 0.1) is 12.1 Å². The zero-order chi connectivity index (χ0) is 21.6. The normalized spacial score (nSPS) is 27.8. The number of aliphatic hydroxyl groups excluding tert-OH is 2. The van der Waals surface area contributed by atoms with Gasteiger partial charge in [-0.3, -0.25) is 4.84 Å². The molecule has 3 heterocycles. The van der Waals surface area contributed by atoms with Crippen molar-refractivity contribution < 1.29 is 29.3 Å². The second-order valence-corrected chi connectivity index (χ2v) is 7.89. The minimum atomic E-state index is -1.79. The predicted octanol–water partition coefficient (Wildman–Crippen LogP) is 0.959. The van der Waals surface area contributed by atoms with Crippen molar-refractivity contribution in [3.05, 3.63) is 46.5 Å². The molecule has 0 unspecified atom stereocenters. The van der Waals surface area contributed by atoms with Gasteiger partial charge in [-0.2, -0.15) is 0 Å². The molecule has 4 rings (SSSR count). The number of benzene rings is 1. The van der Waals surface area contributed by atoms with Crippen molar-refractivity contribution in [1.82, 2.24) is 9.97 Å². The van der Waals surface area contributed by atoms with E-state index in [1.165, 1.54) is 32.5 Å². The van der Waals surface area contributed by atoms with Crippen LogP contribution in [-0.2, 0) is 21.6 Å². The van der Waals surface area contributed by atoms with Crippen LogP contribution < -0.4 is 10.4 Å². The van der Waals surface area contributed by atoms with E-state index >= 15 is 0 Å². The van der Waals surface area contributed by atoms with Gasteiger partial charge in [0.25, 0.3) is 0 Å². The van der Waals surface area contributed by atoms with Gasteiger partial charge in [-0.25, -0.2) is 19.8 Å². The maximum atomic E-state index is 13.9. The number of nitrogens with one attached hydrogen (secondary N) is 1. The highest BCUT2D eigenvalue weighted by atomic mass is 35.5. The standard InChI is InChI=1S/C19H22ClFN4O5/c1-19(28,9-3-4-11(20)12(21)7-9)15-13(26)14(27)18(30-15)25-6-5-10-16(24-29-2)22-8-23-17(10)25/h3-4,7-8,13-15,18,26-28H,5-6H2,1-2H3,(H,22,23,24)/t13-,14+,15-,18+,19+/m0/s1. The fourth-order valence-electron chi connectivity index (χ4n) is 4.01. The van der Waals surface area contributed by atoms with Crippen molar-refractivity contribution in [3.8, 4) is 0 Å². The van der Waals surface area contributed by atoms with Crippen LogP contribution in [0, 0.1) is 5.82 Å². The van der Waals surface area contributed by atoms with Gasteiger partial charge in [0, 0.05) is 12.1 Å². The van der Waals surface area contributed by atoms with Gasteiger partial charge in [-0.1, -0.05) is 17.7 Å². The molecule has 0 aliphatic carbocycles. The van der Waals surface area contributed by atoms with Gasteiger partial charge in [-0.15, -0.1) is 0 Å². The molecular formula is C19H22ClFN4O5. The summed E-state index contributed by atoms with van der Waals surface area (Å²) in [4.78, 5) is 15.0. The van der Waals surface area contributed by atoms with E-state index in [9.17, 15) is 19.7 Å². The second kappa shape index (κ2) is 7.88. The van der Waals surface area contributed by atoms with Crippen LogP contribution in [0.3, 0.4) is 0 Å². The Hall–Kier alpha value is -2.08. The molecule has 2 aromatic rings. The average Bonchev–Trinajstić information content (AvgIpc) is 3.27. The van der Waals surface area contributed by atoms with Gasteiger partial charge in [-0.05, 0) is 31.0 Å². The molecule has 1 aromatic carbocycles. The maximum Gasteiger partial charge on any atom is 0.160 e. The highest BCUT2D eigenvalue weighted by Gasteiger charge is 2.54. The first-order valence-electron chi connectivity index (χ1n) is 9.34. The fourth-order valence-corrected chi connectivity index (χ4v) is 4.13. The SMILES string of the molecule is CONc1ncnc2c1CCN2[C@@H]1O[C@H]([C@](C)(O)c2ccc(Cl)c(F)c2)[C@@H](O)[C@H]1O. The number of hydrogen-bond acceptors (Lipinski definition) is 9. The Labute approximate surface area is 177 Å². The number of halogens is 2. The molecule has 0 amide bonds. The number of ether oxygens (including phenoxy) is 1. The molecule has 0 spiro atoms. The highest BCUT2D eigenvalue weighted by molar-refractivity contribution is 6.30. The number of nitrogens with zero attached hydrogens (tertiary/aromatic N) is 3. The molecule has 0 saturated carbocycles. The molecule has 2 aliphatic rings. The minimum Gasteiger partial charge on any atom is -0.387 e. The van der Waals surface area contributed by atoms with E-state index in [-0.39, 0.29) is 10.6 Å². The Morgan fingerprint density at radius 2 is 2.10 bits per heavy atom. The quantitative estimate of drug-likeness (QED) is 0.504. The molecule has 0 radical (unpaired) electrons. The van der Waals surface area contributed by atoms with Crippen molar-refractivity contribution in [2.75, 3.05) is 24.0 Å². The number of rotatable bonds is 5. The fraction of sp³-hybridized carbons (Fsp3) is 0.474. The smallest absolute Gasteiger partial charge is 0.160 e. The Morgan fingerprint density at radius 1 is 1.33 bits per heavy atom. The third kappa shape index (κ3) is 3.39. The molecule has 162 valence electrons. The second-order valence-electron chi connectivity index (χ2n) is 7.48. The van der Waals surface area contributed by atoms with Crippen molar-refractivity contribution in [3.63, 3.8) is 0 Å². The summed E-state index contributed by atoms with van der Waals surface area (Å²) in [6.45, 7) is 1.84. The van der Waals surface area contributed by atoms with E-state index in [4.69, 9.17) is 21.2 Å². The molecule has 2 aliphatic heterocycles. The third-order valence-corrected chi connectivity index (χ3v) is 5.91. The van der Waals surface area contributed by atoms with E-state index in [2.05, 4.69) is 15.4 Å². The third-order valence-electron chi connectivity index (χ3n) is 5.60. The van der Waals surface area contributed by atoms with Crippen LogP contribution in [0.15, 0.2) is 24.5 Å². The molecule has 1 saturated heterocycles. The lowest BCUT2D eigenvalue weighted by Gasteiger charge is -2.33. The number of aromatic nitrogens is 2. The van der Waals surface area contributed by atoms with Gasteiger partial charge >= 0.3 is 0 Å². The van der Waals surface area contributed by atoms with Crippen LogP contribution >= 0.6 is 11.6 Å². The molecule has 0 bridgehead atoms. The van der Waals surface area contributed by atoms with Gasteiger partial charge in [0.1, 0.15) is 41.9 Å². The van der Waals surface area contributed by atoms with E-state index in [0.717, 1.165) is 11.6 Å². The van der Waals surface area contributed by atoms with E-state index in [0.29, 0.717) is 24.6 Å². The van der Waals surface area contributed by atoms with Crippen LogP contribution in [0.4, 0.5) is 16.0 Å². The van der Waals surface area contributed by atoms with E-state index < -0.39 is 36.0 Å². The average molecular weight is 441 g/mol. The van der Waals surface area contributed by atoms with Crippen LogP contribution in [0.25, 0.3) is 0 Å². The highest BCUT2D eigenvalue weighted by Crippen LogP contribution is 2.40. The van der Waals surface area contributed by atoms with Crippen molar-refractivity contribution in [2.24, 2.45) is 0 Å². The van der Waals surface area contributed by atoms with Gasteiger partial charge < -0.3 is 25.0 Å². The maximum absolute atomic E-state index is 13.9. The van der Waals surface area contributed by atoms with E-state index in [1.54, 1.807) is 4.90 Å². The largest absolute Gasteiger partial charge is 0.387 e. The molecule has 5 atom stereocenters. The lowest BCUT2D eigenvalue weighted by atomic mass is 9.86. The van der Waals surface area contributed by atoms with Crippen LogP contribution in [0.1, 0.15) is 18.1 Å². The van der Waals surface area contributed by atoms with Crippen LogP contribution in [-0.4, -0.2) is 63.5 Å². The van der Waals surface area contributed by atoms with Crippen molar-refractivity contribution in [2.45, 2.75) is 43.5 Å².